The summed E-state index contributed by atoms with van der Waals surface area (Å²) in [6.45, 7) is -0.0766. The molecular weight excluding hydrogens is 503 g/mol. The first-order valence-corrected chi connectivity index (χ1v) is 12.5. The number of ether oxygens (including phenoxy) is 1. The maximum Gasteiger partial charge on any atom is 0.416 e. The SMILES string of the molecule is O=S(=O)(NCc1ccc(C(F)(F)F)cc1)N1CCOC(C(c2ccc(F)cc2)c2ccc(F)cc2)C1. The topological polar surface area (TPSA) is 58.6 Å². The summed E-state index contributed by atoms with van der Waals surface area (Å²) in [4.78, 5) is 0. The van der Waals surface area contributed by atoms with Crippen molar-refractivity contribution in [3.8, 4) is 0 Å². The molecule has 1 saturated heterocycles. The van der Waals surface area contributed by atoms with E-state index in [1.807, 2.05) is 0 Å². The Labute approximate surface area is 205 Å². The van der Waals surface area contributed by atoms with Crippen LogP contribution >= 0.6 is 0 Å². The molecule has 0 aromatic heterocycles. The minimum Gasteiger partial charge on any atom is -0.374 e. The summed E-state index contributed by atoms with van der Waals surface area (Å²) in [7, 11) is -4.00. The maximum atomic E-state index is 13.5. The molecule has 0 aliphatic carbocycles. The number of hydrogen-bond acceptors (Lipinski definition) is 3. The van der Waals surface area contributed by atoms with Crippen LogP contribution < -0.4 is 4.72 Å². The molecule has 192 valence electrons. The molecule has 4 rings (SSSR count). The van der Waals surface area contributed by atoms with E-state index in [9.17, 15) is 30.4 Å². The summed E-state index contributed by atoms with van der Waals surface area (Å²) >= 11 is 0. The highest BCUT2D eigenvalue weighted by Gasteiger charge is 2.35. The van der Waals surface area contributed by atoms with Crippen LogP contribution in [0.15, 0.2) is 72.8 Å². The third-order valence-electron chi connectivity index (χ3n) is 5.97. The summed E-state index contributed by atoms with van der Waals surface area (Å²) in [6.07, 6.45) is -5.13. The molecule has 1 atom stereocenters. The van der Waals surface area contributed by atoms with Crippen LogP contribution in [0.4, 0.5) is 22.0 Å². The Morgan fingerprint density at radius 2 is 1.42 bits per heavy atom. The zero-order valence-corrected chi connectivity index (χ0v) is 19.7. The number of halogens is 5. The Bertz CT molecular complexity index is 1220. The van der Waals surface area contributed by atoms with Gasteiger partial charge in [-0.25, -0.2) is 8.78 Å². The number of benzene rings is 3. The fraction of sp³-hybridized carbons (Fsp3) is 0.280. The number of alkyl halides is 3. The standard InChI is InChI=1S/C25H23F5N2O3S/c26-21-9-3-18(4-10-21)24(19-5-11-22(27)12-6-19)23-16-32(13-14-35-23)36(33,34)31-15-17-1-7-20(8-2-17)25(28,29)30/h1-12,23-24,31H,13-16H2. The van der Waals surface area contributed by atoms with Crippen LogP contribution in [-0.4, -0.2) is 38.5 Å². The number of hydrogen-bond donors (Lipinski definition) is 1. The molecule has 3 aromatic carbocycles. The fourth-order valence-electron chi connectivity index (χ4n) is 4.11. The van der Waals surface area contributed by atoms with E-state index in [-0.39, 0.29) is 26.2 Å². The Kier molecular flexibility index (Phi) is 7.74. The lowest BCUT2D eigenvalue weighted by Gasteiger charge is -2.36. The summed E-state index contributed by atoms with van der Waals surface area (Å²) in [5.41, 5.74) is 0.889. The highest BCUT2D eigenvalue weighted by molar-refractivity contribution is 7.87. The lowest BCUT2D eigenvalue weighted by atomic mass is 9.86. The van der Waals surface area contributed by atoms with Gasteiger partial charge in [0.1, 0.15) is 11.6 Å². The van der Waals surface area contributed by atoms with E-state index in [0.29, 0.717) is 16.7 Å². The smallest absolute Gasteiger partial charge is 0.374 e. The second kappa shape index (κ2) is 10.6. The predicted molar refractivity (Wildman–Crippen MR) is 123 cm³/mol. The van der Waals surface area contributed by atoms with Crippen LogP contribution in [0.3, 0.4) is 0 Å². The molecule has 0 amide bonds. The molecule has 1 aliphatic heterocycles. The van der Waals surface area contributed by atoms with Crippen LogP contribution in [0.2, 0.25) is 0 Å². The molecule has 1 N–H and O–H groups in total. The van der Waals surface area contributed by atoms with Crippen molar-refractivity contribution in [2.45, 2.75) is 24.7 Å². The molecular formula is C25H23F5N2O3S. The predicted octanol–water partition coefficient (Wildman–Crippen LogP) is 4.85. The van der Waals surface area contributed by atoms with Gasteiger partial charge in [-0.3, -0.25) is 0 Å². The third kappa shape index (κ3) is 6.28. The van der Waals surface area contributed by atoms with Crippen molar-refractivity contribution in [3.63, 3.8) is 0 Å². The van der Waals surface area contributed by atoms with E-state index in [0.717, 1.165) is 12.1 Å². The van der Waals surface area contributed by atoms with Gasteiger partial charge < -0.3 is 4.74 Å². The van der Waals surface area contributed by atoms with Crippen molar-refractivity contribution in [2.75, 3.05) is 19.7 Å². The first-order valence-electron chi connectivity index (χ1n) is 11.1. The van der Waals surface area contributed by atoms with Crippen molar-refractivity contribution < 1.29 is 35.1 Å². The molecule has 1 fully saturated rings. The van der Waals surface area contributed by atoms with Crippen LogP contribution in [0.5, 0.6) is 0 Å². The van der Waals surface area contributed by atoms with Gasteiger partial charge in [-0.05, 0) is 53.1 Å². The van der Waals surface area contributed by atoms with Gasteiger partial charge in [0, 0.05) is 25.6 Å². The van der Waals surface area contributed by atoms with Crippen molar-refractivity contribution in [1.82, 2.24) is 9.03 Å². The number of nitrogens with one attached hydrogen (secondary N) is 1. The second-order valence-electron chi connectivity index (χ2n) is 8.37. The van der Waals surface area contributed by atoms with E-state index in [2.05, 4.69) is 4.72 Å². The summed E-state index contributed by atoms with van der Waals surface area (Å²) in [5, 5.41) is 0. The number of rotatable bonds is 7. The molecule has 1 unspecified atom stereocenters. The van der Waals surface area contributed by atoms with Crippen molar-refractivity contribution in [1.29, 1.82) is 0 Å². The molecule has 0 bridgehead atoms. The van der Waals surface area contributed by atoms with Gasteiger partial charge >= 0.3 is 6.18 Å². The maximum absolute atomic E-state index is 13.5. The Morgan fingerprint density at radius 3 is 1.92 bits per heavy atom. The van der Waals surface area contributed by atoms with Crippen LogP contribution in [0, 0.1) is 11.6 Å². The molecule has 3 aromatic rings. The van der Waals surface area contributed by atoms with E-state index < -0.39 is 45.6 Å². The van der Waals surface area contributed by atoms with Gasteiger partial charge in [-0.15, -0.1) is 0 Å². The fourth-order valence-corrected chi connectivity index (χ4v) is 5.30. The zero-order valence-electron chi connectivity index (χ0n) is 18.9. The monoisotopic (exact) mass is 526 g/mol. The summed E-state index contributed by atoms with van der Waals surface area (Å²) in [5.74, 6) is -1.37. The first kappa shape index (κ1) is 26.2. The average molecular weight is 527 g/mol. The van der Waals surface area contributed by atoms with Gasteiger partial charge in [0.25, 0.3) is 10.2 Å². The highest BCUT2D eigenvalue weighted by Crippen LogP contribution is 2.33. The van der Waals surface area contributed by atoms with Gasteiger partial charge in [-0.1, -0.05) is 36.4 Å². The van der Waals surface area contributed by atoms with Crippen LogP contribution in [-0.2, 0) is 27.7 Å². The quantitative estimate of drug-likeness (QED) is 0.448. The molecule has 1 aliphatic rings. The minimum atomic E-state index is -4.48. The molecule has 11 heteroatoms. The van der Waals surface area contributed by atoms with Crippen molar-refractivity contribution >= 4 is 10.2 Å². The van der Waals surface area contributed by atoms with Crippen LogP contribution in [0.25, 0.3) is 0 Å². The minimum absolute atomic E-state index is 0.0399. The molecule has 0 radical (unpaired) electrons. The lowest BCUT2D eigenvalue weighted by molar-refractivity contribution is -0.137. The van der Waals surface area contributed by atoms with Gasteiger partial charge in [0.2, 0.25) is 0 Å². The summed E-state index contributed by atoms with van der Waals surface area (Å²) < 4.78 is 101. The van der Waals surface area contributed by atoms with Crippen LogP contribution in [0.1, 0.15) is 28.2 Å². The molecule has 1 heterocycles. The third-order valence-corrected chi connectivity index (χ3v) is 7.49. The number of nitrogens with zero attached hydrogens (tertiary/aromatic N) is 1. The van der Waals surface area contributed by atoms with E-state index in [4.69, 9.17) is 4.74 Å². The van der Waals surface area contributed by atoms with Gasteiger partial charge in [0.05, 0.1) is 18.3 Å². The Balaban J connectivity index is 1.51. The Hall–Kier alpha value is -2.86. The largest absolute Gasteiger partial charge is 0.416 e. The van der Waals surface area contributed by atoms with E-state index in [1.165, 1.54) is 40.7 Å². The summed E-state index contributed by atoms with van der Waals surface area (Å²) in [6, 6.07) is 15.7. The van der Waals surface area contributed by atoms with E-state index >= 15 is 0 Å². The van der Waals surface area contributed by atoms with Gasteiger partial charge in [-0.2, -0.15) is 30.6 Å². The molecule has 0 saturated carbocycles. The molecule has 36 heavy (non-hydrogen) atoms. The van der Waals surface area contributed by atoms with Gasteiger partial charge in [0.15, 0.2) is 0 Å². The number of morpholine rings is 1. The first-order chi connectivity index (χ1) is 17.0. The molecule has 0 spiro atoms. The highest BCUT2D eigenvalue weighted by atomic mass is 32.2. The van der Waals surface area contributed by atoms with Crippen molar-refractivity contribution in [3.05, 3.63) is 107 Å². The lowest BCUT2D eigenvalue weighted by Crippen LogP contribution is -2.51. The van der Waals surface area contributed by atoms with E-state index in [1.54, 1.807) is 24.3 Å². The second-order valence-corrected chi connectivity index (χ2v) is 10.1. The molecule has 5 nitrogen and oxygen atoms in total. The Morgan fingerprint density at radius 1 is 0.889 bits per heavy atom. The zero-order chi connectivity index (χ0) is 25.9. The average Bonchev–Trinajstić information content (AvgIpc) is 2.85. The normalized spacial score (nSPS) is 17.4. The van der Waals surface area contributed by atoms with Crippen molar-refractivity contribution in [2.24, 2.45) is 0 Å².